The smallest absolute Gasteiger partial charge is 0.155 e. The molecule has 3 heteroatoms. The minimum Gasteiger partial charge on any atom is -0.453 e. The van der Waals surface area contributed by atoms with Crippen LogP contribution in [0.2, 0.25) is 0 Å². The maximum atomic E-state index is 6.19. The lowest BCUT2D eigenvalue weighted by Gasteiger charge is -2.23. The molecule has 3 aromatic carbocycles. The summed E-state index contributed by atoms with van der Waals surface area (Å²) >= 11 is 0. The molecule has 0 N–H and O–H groups in total. The highest BCUT2D eigenvalue weighted by Gasteiger charge is 2.16. The summed E-state index contributed by atoms with van der Waals surface area (Å²) in [7, 11) is 0. The molecule has 0 amide bonds. The summed E-state index contributed by atoms with van der Waals surface area (Å²) < 4.78 is 6.19. The van der Waals surface area contributed by atoms with Gasteiger partial charge in [0.1, 0.15) is 11.0 Å². The molecule has 24 heavy (non-hydrogen) atoms. The van der Waals surface area contributed by atoms with Gasteiger partial charge in [-0.3, -0.25) is 0 Å². The third-order valence-electron chi connectivity index (χ3n) is 4.59. The number of nitrogens with zero attached hydrogens (tertiary/aromatic N) is 2. The Kier molecular flexibility index (Phi) is 3.49. The van der Waals surface area contributed by atoms with Crippen LogP contribution in [-0.4, -0.2) is 13.1 Å². The maximum absolute atomic E-state index is 6.19. The summed E-state index contributed by atoms with van der Waals surface area (Å²) in [6.07, 6.45) is 0. The first-order chi connectivity index (χ1) is 11.7. The summed E-state index contributed by atoms with van der Waals surface area (Å²) in [6, 6.07) is 16.4. The van der Waals surface area contributed by atoms with E-state index in [1.807, 2.05) is 24.3 Å². The van der Waals surface area contributed by atoms with E-state index in [2.05, 4.69) is 49.6 Å². The van der Waals surface area contributed by atoms with Gasteiger partial charge in [0.25, 0.3) is 0 Å². The molecule has 0 aliphatic carbocycles. The van der Waals surface area contributed by atoms with E-state index in [4.69, 9.17) is 9.73 Å². The Bertz CT molecular complexity index is 1040. The van der Waals surface area contributed by atoms with Gasteiger partial charge in [-0.1, -0.05) is 30.8 Å². The Balaban J connectivity index is 1.93. The highest BCUT2D eigenvalue weighted by molar-refractivity contribution is 5.85. The van der Waals surface area contributed by atoms with Crippen LogP contribution >= 0.6 is 0 Å². The zero-order valence-corrected chi connectivity index (χ0v) is 14.0. The van der Waals surface area contributed by atoms with Crippen molar-refractivity contribution in [2.75, 3.05) is 18.0 Å². The maximum Gasteiger partial charge on any atom is 0.155 e. The first-order valence-electron chi connectivity index (χ1n) is 8.37. The Morgan fingerprint density at radius 2 is 1.71 bits per heavy atom. The van der Waals surface area contributed by atoms with Crippen LogP contribution in [0.5, 0.6) is 11.5 Å². The molecule has 1 heterocycles. The van der Waals surface area contributed by atoms with E-state index in [1.165, 1.54) is 0 Å². The Morgan fingerprint density at radius 1 is 0.958 bits per heavy atom. The Hall–Kier alpha value is -2.81. The lowest BCUT2D eigenvalue weighted by atomic mass is 10.1. The molecule has 0 fully saturated rings. The number of fused-ring (bicyclic) bond motifs is 4. The van der Waals surface area contributed by atoms with Crippen LogP contribution in [0.25, 0.3) is 17.4 Å². The van der Waals surface area contributed by atoms with Gasteiger partial charge in [0, 0.05) is 30.2 Å². The minimum atomic E-state index is 0.780. The summed E-state index contributed by atoms with van der Waals surface area (Å²) in [5, 5.41) is 4.05. The molecule has 0 aromatic heterocycles. The third-order valence-corrected chi connectivity index (χ3v) is 4.59. The summed E-state index contributed by atoms with van der Waals surface area (Å²) in [5.41, 5.74) is 2.04. The molecule has 1 aliphatic heterocycles. The van der Waals surface area contributed by atoms with Crippen LogP contribution in [0, 0.1) is 0 Å². The van der Waals surface area contributed by atoms with Crippen molar-refractivity contribution in [3.63, 3.8) is 0 Å². The fourth-order valence-electron chi connectivity index (χ4n) is 3.30. The van der Waals surface area contributed by atoms with E-state index in [0.29, 0.717) is 0 Å². The van der Waals surface area contributed by atoms with Gasteiger partial charge in [-0.25, -0.2) is 4.99 Å². The van der Waals surface area contributed by atoms with Crippen LogP contribution in [-0.2, 0) is 0 Å². The molecular weight excluding hydrogens is 296 g/mol. The van der Waals surface area contributed by atoms with Crippen LogP contribution in [0.15, 0.2) is 53.5 Å². The van der Waals surface area contributed by atoms with Crippen molar-refractivity contribution in [1.29, 1.82) is 0 Å². The van der Waals surface area contributed by atoms with Crippen LogP contribution < -0.4 is 20.2 Å². The van der Waals surface area contributed by atoms with E-state index < -0.39 is 0 Å². The van der Waals surface area contributed by atoms with Gasteiger partial charge < -0.3 is 9.64 Å². The molecule has 1 aliphatic rings. The number of hydrogen-bond donors (Lipinski definition) is 0. The van der Waals surface area contributed by atoms with Crippen molar-refractivity contribution in [2.24, 2.45) is 4.99 Å². The van der Waals surface area contributed by atoms with E-state index in [0.717, 1.165) is 57.3 Å². The predicted octanol–water partition coefficient (Wildman–Crippen LogP) is 4.15. The van der Waals surface area contributed by atoms with Crippen molar-refractivity contribution in [3.8, 4) is 11.5 Å². The lowest BCUT2D eigenvalue weighted by Crippen LogP contribution is -2.22. The fraction of sp³-hybridized carbons (Fsp3) is 0.190. The third kappa shape index (κ3) is 2.24. The van der Waals surface area contributed by atoms with Crippen molar-refractivity contribution < 1.29 is 4.74 Å². The van der Waals surface area contributed by atoms with E-state index in [1.54, 1.807) is 0 Å². The average molecular weight is 316 g/mol. The molecule has 4 rings (SSSR count). The van der Waals surface area contributed by atoms with Crippen LogP contribution in [0.1, 0.15) is 13.8 Å². The molecular formula is C21H20N2O. The number of ether oxygens (including phenoxy) is 1. The van der Waals surface area contributed by atoms with Crippen molar-refractivity contribution in [1.82, 2.24) is 0 Å². The lowest BCUT2D eigenvalue weighted by molar-refractivity contribution is 0.471. The highest BCUT2D eigenvalue weighted by atomic mass is 16.5. The van der Waals surface area contributed by atoms with Gasteiger partial charge >= 0.3 is 0 Å². The number of rotatable bonds is 3. The Morgan fingerprint density at radius 3 is 2.46 bits per heavy atom. The molecule has 0 radical (unpaired) electrons. The second-order valence-electron chi connectivity index (χ2n) is 5.97. The zero-order chi connectivity index (χ0) is 16.7. The second-order valence-corrected chi connectivity index (χ2v) is 5.97. The quantitative estimate of drug-likeness (QED) is 0.567. The topological polar surface area (TPSA) is 24.8 Å². The second kappa shape index (κ2) is 5.68. The zero-order valence-electron chi connectivity index (χ0n) is 14.0. The predicted molar refractivity (Wildman–Crippen MR) is 100.0 cm³/mol. The SMILES string of the molecule is C=c1cc2c(c3ccccc13)=Nc1ccc(N(CC)CC)cc1O2. The average Bonchev–Trinajstić information content (AvgIpc) is 2.62. The Labute approximate surface area is 141 Å². The highest BCUT2D eigenvalue weighted by Crippen LogP contribution is 2.37. The summed E-state index contributed by atoms with van der Waals surface area (Å²) in [5.74, 6) is 1.59. The molecule has 0 saturated carbocycles. The molecule has 3 nitrogen and oxygen atoms in total. The van der Waals surface area contributed by atoms with E-state index >= 15 is 0 Å². The first-order valence-corrected chi connectivity index (χ1v) is 8.37. The molecule has 0 atom stereocenters. The first kappa shape index (κ1) is 14.8. The van der Waals surface area contributed by atoms with Crippen molar-refractivity contribution in [2.45, 2.75) is 13.8 Å². The van der Waals surface area contributed by atoms with Gasteiger partial charge in [0.05, 0.1) is 0 Å². The molecule has 0 bridgehead atoms. The molecule has 0 unspecified atom stereocenters. The largest absolute Gasteiger partial charge is 0.453 e. The number of anilines is 1. The van der Waals surface area contributed by atoms with Gasteiger partial charge in [0.2, 0.25) is 0 Å². The summed E-state index contributed by atoms with van der Waals surface area (Å²) in [4.78, 5) is 7.16. The van der Waals surface area contributed by atoms with Crippen LogP contribution in [0.3, 0.4) is 0 Å². The van der Waals surface area contributed by atoms with Gasteiger partial charge in [0.15, 0.2) is 11.5 Å². The van der Waals surface area contributed by atoms with Crippen molar-refractivity contribution >= 4 is 28.7 Å². The van der Waals surface area contributed by atoms with Crippen molar-refractivity contribution in [3.05, 3.63) is 59.1 Å². The molecule has 0 saturated heterocycles. The monoisotopic (exact) mass is 316 g/mol. The van der Waals surface area contributed by atoms with Gasteiger partial charge in [-0.2, -0.15) is 0 Å². The van der Waals surface area contributed by atoms with E-state index in [-0.39, 0.29) is 0 Å². The van der Waals surface area contributed by atoms with Crippen LogP contribution in [0.4, 0.5) is 11.4 Å². The van der Waals surface area contributed by atoms with Gasteiger partial charge in [-0.05, 0) is 42.7 Å². The standard InChI is InChI=1S/C21H20N2O/c1-4-23(5-2)15-10-11-18-19(13-15)24-20-12-14(3)16-8-6-7-9-17(16)21(20)22-18/h6-13H,3-5H2,1-2H3. The van der Waals surface area contributed by atoms with Gasteiger partial charge in [-0.15, -0.1) is 0 Å². The molecule has 3 aromatic rings. The fourth-order valence-corrected chi connectivity index (χ4v) is 3.30. The molecule has 120 valence electrons. The molecule has 0 spiro atoms. The van der Waals surface area contributed by atoms with E-state index in [9.17, 15) is 0 Å². The number of hydrogen-bond acceptors (Lipinski definition) is 3. The minimum absolute atomic E-state index is 0.780. The normalized spacial score (nSPS) is 12.1. The summed E-state index contributed by atoms with van der Waals surface area (Å²) in [6.45, 7) is 10.4. The number of benzene rings is 3.